The molecule has 0 aliphatic heterocycles. The van der Waals surface area contributed by atoms with E-state index in [0.717, 1.165) is 16.5 Å². The first-order chi connectivity index (χ1) is 6.92. The largest absolute Gasteiger partial charge is 0.320 e. The molecule has 0 atom stereocenters. The predicted octanol–water partition coefficient (Wildman–Crippen LogP) is 1.54. The Morgan fingerprint density at radius 2 is 2.07 bits per heavy atom. The van der Waals surface area contributed by atoms with Crippen LogP contribution in [0.1, 0.15) is 5.56 Å². The standard InChI is InChI=1S/C12H10N2/c13-8-3-4-10-7-9-14-12-6-2-1-5-11(10)12/h1-2,5-7,9H,8,13H2. The number of nitrogens with zero attached hydrogens (tertiary/aromatic N) is 1. The molecule has 0 saturated heterocycles. The van der Waals surface area contributed by atoms with Crippen LogP contribution >= 0.6 is 0 Å². The molecule has 14 heavy (non-hydrogen) atoms. The van der Waals surface area contributed by atoms with Crippen LogP contribution in [0.4, 0.5) is 0 Å². The van der Waals surface area contributed by atoms with Gasteiger partial charge in [-0.25, -0.2) is 0 Å². The third-order valence-electron chi connectivity index (χ3n) is 1.97. The highest BCUT2D eigenvalue weighted by Crippen LogP contribution is 2.14. The lowest BCUT2D eigenvalue weighted by atomic mass is 10.1. The fourth-order valence-corrected chi connectivity index (χ4v) is 1.35. The summed E-state index contributed by atoms with van der Waals surface area (Å²) < 4.78 is 0. The Balaban J connectivity index is 2.65. The second-order valence-electron chi connectivity index (χ2n) is 2.88. The van der Waals surface area contributed by atoms with Crippen LogP contribution in [0.2, 0.25) is 0 Å². The van der Waals surface area contributed by atoms with Crippen molar-refractivity contribution >= 4 is 10.9 Å². The number of hydrogen-bond donors (Lipinski definition) is 1. The van der Waals surface area contributed by atoms with E-state index in [4.69, 9.17) is 5.73 Å². The van der Waals surface area contributed by atoms with Gasteiger partial charge in [0.1, 0.15) is 0 Å². The van der Waals surface area contributed by atoms with Crippen molar-refractivity contribution in [2.45, 2.75) is 0 Å². The number of aromatic nitrogens is 1. The molecule has 0 saturated carbocycles. The second-order valence-corrected chi connectivity index (χ2v) is 2.88. The zero-order chi connectivity index (χ0) is 9.80. The van der Waals surface area contributed by atoms with Gasteiger partial charge in [-0.15, -0.1) is 0 Å². The van der Waals surface area contributed by atoms with E-state index in [9.17, 15) is 0 Å². The number of rotatable bonds is 0. The molecule has 0 aliphatic rings. The molecule has 1 heterocycles. The first-order valence-electron chi connectivity index (χ1n) is 4.44. The van der Waals surface area contributed by atoms with Gasteiger partial charge >= 0.3 is 0 Å². The second kappa shape index (κ2) is 3.91. The molecule has 0 amide bonds. The summed E-state index contributed by atoms with van der Waals surface area (Å²) in [6.07, 6.45) is 1.77. The van der Waals surface area contributed by atoms with Crippen molar-refractivity contribution in [1.82, 2.24) is 4.98 Å². The SMILES string of the molecule is NCC#Cc1ccnc2ccccc12. The first-order valence-corrected chi connectivity index (χ1v) is 4.44. The van der Waals surface area contributed by atoms with Crippen molar-refractivity contribution < 1.29 is 0 Å². The molecule has 0 spiro atoms. The molecule has 2 nitrogen and oxygen atoms in total. The smallest absolute Gasteiger partial charge is 0.0714 e. The molecule has 0 aliphatic carbocycles. The molecule has 68 valence electrons. The van der Waals surface area contributed by atoms with Gasteiger partial charge in [-0.2, -0.15) is 0 Å². The summed E-state index contributed by atoms with van der Waals surface area (Å²) in [5.74, 6) is 5.88. The van der Waals surface area contributed by atoms with Gasteiger partial charge in [0, 0.05) is 17.1 Å². The van der Waals surface area contributed by atoms with Crippen LogP contribution in [0.25, 0.3) is 10.9 Å². The summed E-state index contributed by atoms with van der Waals surface area (Å²) in [7, 11) is 0. The Hall–Kier alpha value is -1.85. The molecular formula is C12H10N2. The number of para-hydroxylation sites is 1. The van der Waals surface area contributed by atoms with Gasteiger partial charge in [0.05, 0.1) is 12.1 Å². The number of benzene rings is 1. The van der Waals surface area contributed by atoms with Crippen molar-refractivity contribution in [2.75, 3.05) is 6.54 Å². The monoisotopic (exact) mass is 182 g/mol. The van der Waals surface area contributed by atoms with Crippen molar-refractivity contribution in [3.8, 4) is 11.8 Å². The highest BCUT2D eigenvalue weighted by Gasteiger charge is 1.96. The molecule has 2 rings (SSSR count). The van der Waals surface area contributed by atoms with Crippen LogP contribution in [0.15, 0.2) is 36.5 Å². The van der Waals surface area contributed by atoms with Crippen molar-refractivity contribution in [2.24, 2.45) is 5.73 Å². The van der Waals surface area contributed by atoms with Crippen LogP contribution in [-0.4, -0.2) is 11.5 Å². The van der Waals surface area contributed by atoms with Gasteiger partial charge in [-0.3, -0.25) is 4.98 Å². The number of hydrogen-bond acceptors (Lipinski definition) is 2. The lowest BCUT2D eigenvalue weighted by molar-refractivity contribution is 1.30. The van der Waals surface area contributed by atoms with E-state index in [2.05, 4.69) is 16.8 Å². The summed E-state index contributed by atoms with van der Waals surface area (Å²) in [6, 6.07) is 9.85. The summed E-state index contributed by atoms with van der Waals surface area (Å²) in [5.41, 5.74) is 7.29. The van der Waals surface area contributed by atoms with E-state index in [0.29, 0.717) is 6.54 Å². The van der Waals surface area contributed by atoms with Gasteiger partial charge in [-0.05, 0) is 12.1 Å². The van der Waals surface area contributed by atoms with E-state index < -0.39 is 0 Å². The van der Waals surface area contributed by atoms with E-state index in [1.165, 1.54) is 0 Å². The van der Waals surface area contributed by atoms with Crippen LogP contribution < -0.4 is 5.73 Å². The minimum absolute atomic E-state index is 0.386. The maximum atomic E-state index is 5.33. The van der Waals surface area contributed by atoms with E-state index in [1.807, 2.05) is 30.3 Å². The normalized spacial score (nSPS) is 9.50. The molecule has 2 N–H and O–H groups in total. The minimum Gasteiger partial charge on any atom is -0.320 e. The molecule has 2 aromatic rings. The third kappa shape index (κ3) is 1.59. The molecule has 1 aromatic heterocycles. The van der Waals surface area contributed by atoms with Crippen LogP contribution in [0, 0.1) is 11.8 Å². The van der Waals surface area contributed by atoms with Gasteiger partial charge in [0.25, 0.3) is 0 Å². The van der Waals surface area contributed by atoms with Gasteiger partial charge in [0.2, 0.25) is 0 Å². The maximum absolute atomic E-state index is 5.33. The fourth-order valence-electron chi connectivity index (χ4n) is 1.35. The van der Waals surface area contributed by atoms with Gasteiger partial charge in [0.15, 0.2) is 0 Å². The van der Waals surface area contributed by atoms with Crippen molar-refractivity contribution in [3.63, 3.8) is 0 Å². The average molecular weight is 182 g/mol. The molecule has 2 heteroatoms. The third-order valence-corrected chi connectivity index (χ3v) is 1.97. The quantitative estimate of drug-likeness (QED) is 0.628. The number of pyridine rings is 1. The number of fused-ring (bicyclic) bond motifs is 1. The summed E-state index contributed by atoms with van der Waals surface area (Å²) in [6.45, 7) is 0.386. The fraction of sp³-hybridized carbons (Fsp3) is 0.0833. The summed E-state index contributed by atoms with van der Waals surface area (Å²) in [5, 5.41) is 1.08. The Kier molecular flexibility index (Phi) is 2.44. The van der Waals surface area contributed by atoms with Crippen molar-refractivity contribution in [1.29, 1.82) is 0 Å². The summed E-state index contributed by atoms with van der Waals surface area (Å²) >= 11 is 0. The Morgan fingerprint density at radius 3 is 2.93 bits per heavy atom. The Morgan fingerprint density at radius 1 is 1.21 bits per heavy atom. The Bertz CT molecular complexity index is 501. The molecule has 0 radical (unpaired) electrons. The number of nitrogens with two attached hydrogens (primary N) is 1. The molecular weight excluding hydrogens is 172 g/mol. The van der Waals surface area contributed by atoms with Crippen LogP contribution in [0.5, 0.6) is 0 Å². The Labute approximate surface area is 82.8 Å². The zero-order valence-electron chi connectivity index (χ0n) is 7.70. The maximum Gasteiger partial charge on any atom is 0.0714 e. The average Bonchev–Trinajstić information content (AvgIpc) is 2.26. The lowest BCUT2D eigenvalue weighted by Gasteiger charge is -1.97. The summed E-state index contributed by atoms with van der Waals surface area (Å²) in [4.78, 5) is 4.25. The van der Waals surface area contributed by atoms with Gasteiger partial charge < -0.3 is 5.73 Å². The van der Waals surface area contributed by atoms with Crippen LogP contribution in [0.3, 0.4) is 0 Å². The van der Waals surface area contributed by atoms with E-state index in [-0.39, 0.29) is 0 Å². The molecule has 0 fully saturated rings. The highest BCUT2D eigenvalue weighted by molar-refractivity contribution is 5.84. The van der Waals surface area contributed by atoms with Gasteiger partial charge in [-0.1, -0.05) is 30.0 Å². The molecule has 1 aromatic carbocycles. The predicted molar refractivity (Wildman–Crippen MR) is 57.7 cm³/mol. The van der Waals surface area contributed by atoms with E-state index in [1.54, 1.807) is 6.20 Å². The topological polar surface area (TPSA) is 38.9 Å². The van der Waals surface area contributed by atoms with Crippen molar-refractivity contribution in [3.05, 3.63) is 42.1 Å². The molecule has 0 unspecified atom stereocenters. The first kappa shape index (κ1) is 8.74. The molecule has 0 bridgehead atoms. The zero-order valence-corrected chi connectivity index (χ0v) is 7.70. The van der Waals surface area contributed by atoms with Crippen LogP contribution in [-0.2, 0) is 0 Å². The van der Waals surface area contributed by atoms with E-state index >= 15 is 0 Å². The lowest BCUT2D eigenvalue weighted by Crippen LogP contribution is -1.93. The highest BCUT2D eigenvalue weighted by atomic mass is 14.6. The minimum atomic E-state index is 0.386.